The van der Waals surface area contributed by atoms with Gasteiger partial charge < -0.3 is 14.4 Å². The summed E-state index contributed by atoms with van der Waals surface area (Å²) in [5.74, 6) is 1.55. The number of hydrogen-bond acceptors (Lipinski definition) is 6. The summed E-state index contributed by atoms with van der Waals surface area (Å²) >= 11 is 0. The van der Waals surface area contributed by atoms with E-state index in [0.29, 0.717) is 23.5 Å². The van der Waals surface area contributed by atoms with E-state index >= 15 is 0 Å². The lowest BCUT2D eigenvalue weighted by atomic mass is 10.2. The highest BCUT2D eigenvalue weighted by Gasteiger charge is 2.24. The minimum absolute atomic E-state index is 0.272. The summed E-state index contributed by atoms with van der Waals surface area (Å²) in [6.07, 6.45) is 0.903. The summed E-state index contributed by atoms with van der Waals surface area (Å²) in [6.45, 7) is 4.83. The fourth-order valence-electron chi connectivity index (χ4n) is 4.55. The second-order valence-corrected chi connectivity index (χ2v) is 8.75. The van der Waals surface area contributed by atoms with Gasteiger partial charge in [-0.2, -0.15) is 4.68 Å². The highest BCUT2D eigenvalue weighted by Crippen LogP contribution is 2.29. The van der Waals surface area contributed by atoms with Crippen LogP contribution in [0.5, 0.6) is 11.5 Å². The van der Waals surface area contributed by atoms with Crippen LogP contribution >= 0.6 is 0 Å². The van der Waals surface area contributed by atoms with E-state index in [0.717, 1.165) is 56.0 Å². The van der Waals surface area contributed by atoms with Gasteiger partial charge in [0.15, 0.2) is 17.3 Å². The van der Waals surface area contributed by atoms with Crippen molar-refractivity contribution < 1.29 is 18.7 Å². The number of methoxy groups -OCH3 is 1. The summed E-state index contributed by atoms with van der Waals surface area (Å²) in [4.78, 5) is 17.7. The first-order valence-corrected chi connectivity index (χ1v) is 12.1. The Balaban J connectivity index is 1.22. The number of ether oxygens (including phenoxy) is 2. The van der Waals surface area contributed by atoms with Crippen molar-refractivity contribution in [2.24, 2.45) is 0 Å². The Bertz CT molecular complexity index is 1330. The Morgan fingerprint density at radius 1 is 0.944 bits per heavy atom. The standard InChI is InChI=1S/C28H29FN4O3/c1-35-25-10-5-6-11-26(25)36-19-7-14-31-15-17-32(18-16-31)27-23-13-12-22(29)20-24(23)33(30-27)28(34)21-8-3-2-4-9-21/h2-6,8-13,20H,7,14-19H2,1H3. The zero-order valence-corrected chi connectivity index (χ0v) is 20.3. The lowest BCUT2D eigenvalue weighted by Gasteiger charge is -2.35. The molecular formula is C28H29FN4O3. The number of carbonyl (C=O) groups is 1. The maximum atomic E-state index is 14.1. The molecule has 8 heteroatoms. The average molecular weight is 489 g/mol. The van der Waals surface area contributed by atoms with Gasteiger partial charge in [0.1, 0.15) is 5.82 Å². The van der Waals surface area contributed by atoms with E-state index in [-0.39, 0.29) is 5.91 Å². The fraction of sp³-hybridized carbons (Fsp3) is 0.286. The first-order valence-electron chi connectivity index (χ1n) is 12.1. The second-order valence-electron chi connectivity index (χ2n) is 8.75. The molecule has 1 saturated heterocycles. The van der Waals surface area contributed by atoms with Gasteiger partial charge in [0, 0.05) is 49.7 Å². The lowest BCUT2D eigenvalue weighted by Crippen LogP contribution is -2.47. The maximum Gasteiger partial charge on any atom is 0.278 e. The van der Waals surface area contributed by atoms with E-state index in [1.807, 2.05) is 30.3 Å². The monoisotopic (exact) mass is 488 g/mol. The Hall–Kier alpha value is -3.91. The molecule has 0 unspecified atom stereocenters. The zero-order valence-electron chi connectivity index (χ0n) is 20.3. The topological polar surface area (TPSA) is 59.8 Å². The number of fused-ring (bicyclic) bond motifs is 1. The molecule has 186 valence electrons. The van der Waals surface area contributed by atoms with Gasteiger partial charge in [0.2, 0.25) is 0 Å². The summed E-state index contributed by atoms with van der Waals surface area (Å²) in [7, 11) is 1.64. The van der Waals surface area contributed by atoms with Gasteiger partial charge >= 0.3 is 0 Å². The number of piperazine rings is 1. The van der Waals surface area contributed by atoms with Gasteiger partial charge in [-0.25, -0.2) is 4.39 Å². The molecule has 0 atom stereocenters. The molecule has 0 spiro atoms. The van der Waals surface area contributed by atoms with E-state index in [9.17, 15) is 9.18 Å². The van der Waals surface area contributed by atoms with Gasteiger partial charge in [-0.3, -0.25) is 9.69 Å². The zero-order chi connectivity index (χ0) is 24.9. The average Bonchev–Trinajstić information content (AvgIpc) is 3.30. The van der Waals surface area contributed by atoms with Gasteiger partial charge in [0.05, 0.1) is 19.2 Å². The largest absolute Gasteiger partial charge is 0.493 e. The Morgan fingerprint density at radius 2 is 1.67 bits per heavy atom. The number of para-hydroxylation sites is 2. The third-order valence-corrected chi connectivity index (χ3v) is 6.45. The van der Waals surface area contributed by atoms with Gasteiger partial charge in [-0.05, 0) is 42.8 Å². The molecule has 0 aliphatic carbocycles. The second kappa shape index (κ2) is 10.8. The van der Waals surface area contributed by atoms with E-state index < -0.39 is 5.82 Å². The highest BCUT2D eigenvalue weighted by molar-refractivity contribution is 6.03. The summed E-state index contributed by atoms with van der Waals surface area (Å²) in [6, 6.07) is 21.1. The minimum atomic E-state index is -0.392. The van der Waals surface area contributed by atoms with Gasteiger partial charge in [-0.1, -0.05) is 30.3 Å². The van der Waals surface area contributed by atoms with E-state index in [1.165, 1.54) is 16.8 Å². The number of hydrogen-bond donors (Lipinski definition) is 0. The quantitative estimate of drug-likeness (QED) is 0.341. The van der Waals surface area contributed by atoms with Crippen LogP contribution in [0.3, 0.4) is 0 Å². The highest BCUT2D eigenvalue weighted by atomic mass is 19.1. The number of benzene rings is 3. The number of nitrogens with zero attached hydrogens (tertiary/aromatic N) is 4. The molecule has 1 aliphatic heterocycles. The van der Waals surface area contributed by atoms with Crippen LogP contribution in [0, 0.1) is 5.82 Å². The smallest absolute Gasteiger partial charge is 0.278 e. The fourth-order valence-corrected chi connectivity index (χ4v) is 4.55. The molecule has 0 radical (unpaired) electrons. The number of rotatable bonds is 8. The maximum absolute atomic E-state index is 14.1. The molecule has 1 aromatic heterocycles. The molecule has 0 N–H and O–H groups in total. The predicted octanol–water partition coefficient (Wildman–Crippen LogP) is 4.46. The molecule has 2 heterocycles. The van der Waals surface area contributed by atoms with Crippen LogP contribution in [0.4, 0.5) is 10.2 Å². The van der Waals surface area contributed by atoms with Crippen LogP contribution in [0.25, 0.3) is 10.9 Å². The van der Waals surface area contributed by atoms with Crippen molar-refractivity contribution in [1.29, 1.82) is 0 Å². The van der Waals surface area contributed by atoms with Crippen molar-refractivity contribution in [1.82, 2.24) is 14.7 Å². The molecule has 1 aliphatic rings. The summed E-state index contributed by atoms with van der Waals surface area (Å²) < 4.78 is 26.6. The van der Waals surface area contributed by atoms with Crippen molar-refractivity contribution in [3.8, 4) is 11.5 Å². The van der Waals surface area contributed by atoms with Crippen molar-refractivity contribution in [3.05, 3.63) is 84.2 Å². The third-order valence-electron chi connectivity index (χ3n) is 6.45. The van der Waals surface area contributed by atoms with Gasteiger partial charge in [-0.15, -0.1) is 5.10 Å². The molecule has 5 rings (SSSR count). The normalized spacial score (nSPS) is 14.2. The van der Waals surface area contributed by atoms with Crippen LogP contribution in [0.2, 0.25) is 0 Å². The molecule has 0 bridgehead atoms. The van der Waals surface area contributed by atoms with Crippen LogP contribution in [0.15, 0.2) is 72.8 Å². The molecule has 0 amide bonds. The molecule has 36 heavy (non-hydrogen) atoms. The molecule has 7 nitrogen and oxygen atoms in total. The number of aromatic nitrogens is 2. The summed E-state index contributed by atoms with van der Waals surface area (Å²) in [5, 5.41) is 5.43. The van der Waals surface area contributed by atoms with Crippen molar-refractivity contribution >= 4 is 22.6 Å². The predicted molar refractivity (Wildman–Crippen MR) is 138 cm³/mol. The van der Waals surface area contributed by atoms with Gasteiger partial charge in [0.25, 0.3) is 5.91 Å². The van der Waals surface area contributed by atoms with Crippen LogP contribution < -0.4 is 14.4 Å². The van der Waals surface area contributed by atoms with E-state index in [2.05, 4.69) is 14.9 Å². The summed E-state index contributed by atoms with van der Waals surface area (Å²) in [5.41, 5.74) is 0.993. The van der Waals surface area contributed by atoms with Crippen molar-refractivity contribution in [3.63, 3.8) is 0 Å². The van der Waals surface area contributed by atoms with Crippen LogP contribution in [-0.2, 0) is 0 Å². The molecule has 3 aromatic carbocycles. The van der Waals surface area contributed by atoms with E-state index in [1.54, 1.807) is 37.4 Å². The molecule has 4 aromatic rings. The SMILES string of the molecule is COc1ccccc1OCCCN1CCN(c2nn(C(=O)c3ccccc3)c3cc(F)ccc23)CC1. The number of anilines is 1. The van der Waals surface area contributed by atoms with Crippen molar-refractivity contribution in [2.45, 2.75) is 6.42 Å². The van der Waals surface area contributed by atoms with E-state index in [4.69, 9.17) is 9.47 Å². The Morgan fingerprint density at radius 3 is 2.42 bits per heavy atom. The molecular weight excluding hydrogens is 459 g/mol. The molecule has 0 saturated carbocycles. The Labute approximate surface area is 209 Å². The van der Waals surface area contributed by atoms with Crippen molar-refractivity contribution in [2.75, 3.05) is 51.3 Å². The number of carbonyl (C=O) groups excluding carboxylic acids is 1. The first kappa shape index (κ1) is 23.8. The minimum Gasteiger partial charge on any atom is -0.493 e. The van der Waals surface area contributed by atoms with Crippen LogP contribution in [-0.4, -0.2) is 67.0 Å². The lowest BCUT2D eigenvalue weighted by molar-refractivity contribution is 0.0950. The van der Waals surface area contributed by atoms with Crippen LogP contribution in [0.1, 0.15) is 16.8 Å². The Kier molecular flexibility index (Phi) is 7.13. The third kappa shape index (κ3) is 5.04. The first-order chi connectivity index (χ1) is 17.6. The number of halogens is 1. The molecule has 1 fully saturated rings.